The number of rotatable bonds is 7. The second kappa shape index (κ2) is 7.89. The maximum atomic E-state index is 12.5. The molecule has 0 aliphatic heterocycles. The Hall–Kier alpha value is -2.74. The number of thioether (sulfide) groups is 1. The van der Waals surface area contributed by atoms with Crippen molar-refractivity contribution in [1.29, 1.82) is 0 Å². The Morgan fingerprint density at radius 1 is 1.28 bits per heavy atom. The fourth-order valence-corrected chi connectivity index (χ4v) is 3.18. The van der Waals surface area contributed by atoms with E-state index in [2.05, 4.69) is 15.5 Å². The fourth-order valence-electron chi connectivity index (χ4n) is 2.28. The van der Waals surface area contributed by atoms with E-state index in [0.717, 1.165) is 5.56 Å². The first-order valence-corrected chi connectivity index (χ1v) is 8.79. The highest BCUT2D eigenvalue weighted by molar-refractivity contribution is 8.00. The summed E-state index contributed by atoms with van der Waals surface area (Å²) in [5, 5.41) is 11.2. The van der Waals surface area contributed by atoms with E-state index in [0.29, 0.717) is 29.7 Å². The van der Waals surface area contributed by atoms with Crippen LogP contribution in [0.5, 0.6) is 0 Å². The standard InChI is InChI=1S/C17H19N5O2S/c1-2-14(16(23)19-11-12-7-4-3-5-8-12)25-17-21-20-15(22(17)18)13-9-6-10-24-13/h3-10,14H,2,11,18H2,1H3,(H,19,23). The molecule has 2 aromatic heterocycles. The monoisotopic (exact) mass is 357 g/mol. The Morgan fingerprint density at radius 2 is 2.08 bits per heavy atom. The highest BCUT2D eigenvalue weighted by Gasteiger charge is 2.22. The van der Waals surface area contributed by atoms with Crippen LogP contribution in [0.3, 0.4) is 0 Å². The number of amides is 1. The average molecular weight is 357 g/mol. The molecule has 3 N–H and O–H groups in total. The Kier molecular flexibility index (Phi) is 5.39. The first kappa shape index (κ1) is 17.1. The molecule has 3 rings (SSSR count). The quantitative estimate of drug-likeness (QED) is 0.498. The summed E-state index contributed by atoms with van der Waals surface area (Å²) in [4.78, 5) is 12.5. The van der Waals surface area contributed by atoms with Gasteiger partial charge in [-0.25, -0.2) is 4.68 Å². The summed E-state index contributed by atoms with van der Waals surface area (Å²) < 4.78 is 6.63. The zero-order valence-electron chi connectivity index (χ0n) is 13.8. The number of hydrogen-bond donors (Lipinski definition) is 2. The molecule has 130 valence electrons. The Balaban J connectivity index is 1.65. The van der Waals surface area contributed by atoms with E-state index in [1.54, 1.807) is 18.4 Å². The van der Waals surface area contributed by atoms with Gasteiger partial charge in [-0.3, -0.25) is 4.79 Å². The molecular weight excluding hydrogens is 338 g/mol. The number of carbonyl (C=O) groups is 1. The molecule has 1 atom stereocenters. The van der Waals surface area contributed by atoms with Gasteiger partial charge in [0.2, 0.25) is 16.9 Å². The van der Waals surface area contributed by atoms with Gasteiger partial charge in [0.05, 0.1) is 11.5 Å². The molecule has 7 nitrogen and oxygen atoms in total. The highest BCUT2D eigenvalue weighted by atomic mass is 32.2. The number of benzene rings is 1. The van der Waals surface area contributed by atoms with Crippen LogP contribution in [0.2, 0.25) is 0 Å². The van der Waals surface area contributed by atoms with Gasteiger partial charge >= 0.3 is 0 Å². The largest absolute Gasteiger partial charge is 0.461 e. The minimum Gasteiger partial charge on any atom is -0.461 e. The van der Waals surface area contributed by atoms with Crippen LogP contribution in [0.25, 0.3) is 11.6 Å². The van der Waals surface area contributed by atoms with Crippen LogP contribution < -0.4 is 11.2 Å². The lowest BCUT2D eigenvalue weighted by atomic mass is 10.2. The van der Waals surface area contributed by atoms with Gasteiger partial charge in [0, 0.05) is 6.54 Å². The summed E-state index contributed by atoms with van der Waals surface area (Å²) in [5.74, 6) is 6.94. The summed E-state index contributed by atoms with van der Waals surface area (Å²) in [6, 6.07) is 13.3. The normalized spacial score (nSPS) is 12.0. The summed E-state index contributed by atoms with van der Waals surface area (Å²) in [6.45, 7) is 2.44. The molecule has 0 radical (unpaired) electrons. The summed E-state index contributed by atoms with van der Waals surface area (Å²) in [5.41, 5.74) is 1.05. The molecule has 0 saturated heterocycles. The second-order valence-electron chi connectivity index (χ2n) is 5.37. The average Bonchev–Trinajstić information content (AvgIpc) is 3.28. The second-order valence-corrected chi connectivity index (χ2v) is 6.54. The van der Waals surface area contributed by atoms with Crippen LogP contribution in [0.1, 0.15) is 18.9 Å². The molecule has 0 fully saturated rings. The summed E-state index contributed by atoms with van der Waals surface area (Å²) in [6.07, 6.45) is 2.19. The van der Waals surface area contributed by atoms with Crippen LogP contribution in [0, 0.1) is 0 Å². The Labute approximate surface area is 149 Å². The lowest BCUT2D eigenvalue weighted by molar-refractivity contribution is -0.120. The number of nitrogen functional groups attached to an aromatic ring is 1. The zero-order valence-corrected chi connectivity index (χ0v) is 14.6. The number of carbonyl (C=O) groups excluding carboxylic acids is 1. The lowest BCUT2D eigenvalue weighted by Crippen LogP contribution is -2.32. The number of nitrogens with two attached hydrogens (primary N) is 1. The predicted octanol–water partition coefficient (Wildman–Crippen LogP) is 2.44. The molecular formula is C17H19N5O2S. The number of aromatic nitrogens is 3. The van der Waals surface area contributed by atoms with Crippen molar-refractivity contribution < 1.29 is 9.21 Å². The van der Waals surface area contributed by atoms with Crippen molar-refractivity contribution >= 4 is 17.7 Å². The van der Waals surface area contributed by atoms with E-state index in [-0.39, 0.29) is 11.2 Å². The van der Waals surface area contributed by atoms with Crippen LogP contribution >= 0.6 is 11.8 Å². The van der Waals surface area contributed by atoms with Crippen molar-refractivity contribution in [3.63, 3.8) is 0 Å². The number of hydrogen-bond acceptors (Lipinski definition) is 6. The van der Waals surface area contributed by atoms with E-state index in [9.17, 15) is 4.79 Å². The molecule has 2 heterocycles. The highest BCUT2D eigenvalue weighted by Crippen LogP contribution is 2.26. The molecule has 25 heavy (non-hydrogen) atoms. The van der Waals surface area contributed by atoms with E-state index < -0.39 is 0 Å². The molecule has 0 spiro atoms. The third-order valence-corrected chi connectivity index (χ3v) is 4.95. The third kappa shape index (κ3) is 4.03. The van der Waals surface area contributed by atoms with Crippen molar-refractivity contribution in [2.45, 2.75) is 30.3 Å². The molecule has 1 aromatic carbocycles. The Morgan fingerprint density at radius 3 is 2.76 bits per heavy atom. The SMILES string of the molecule is CCC(Sc1nnc(-c2ccco2)n1N)C(=O)NCc1ccccc1. The van der Waals surface area contributed by atoms with Gasteiger partial charge in [0.1, 0.15) is 0 Å². The van der Waals surface area contributed by atoms with Gasteiger partial charge in [0.15, 0.2) is 5.76 Å². The van der Waals surface area contributed by atoms with Crippen molar-refractivity contribution in [1.82, 2.24) is 20.2 Å². The van der Waals surface area contributed by atoms with E-state index >= 15 is 0 Å². The van der Waals surface area contributed by atoms with Gasteiger partial charge in [-0.05, 0) is 24.1 Å². The lowest BCUT2D eigenvalue weighted by Gasteiger charge is -2.14. The van der Waals surface area contributed by atoms with Gasteiger partial charge in [0.25, 0.3) is 0 Å². The van der Waals surface area contributed by atoms with Crippen molar-refractivity contribution in [3.05, 3.63) is 54.3 Å². The topological polar surface area (TPSA) is 99.0 Å². The maximum Gasteiger partial charge on any atom is 0.233 e. The van der Waals surface area contributed by atoms with E-state index in [1.165, 1.54) is 16.4 Å². The predicted molar refractivity (Wildman–Crippen MR) is 96.1 cm³/mol. The van der Waals surface area contributed by atoms with Crippen LogP contribution in [-0.2, 0) is 11.3 Å². The summed E-state index contributed by atoms with van der Waals surface area (Å²) >= 11 is 1.29. The van der Waals surface area contributed by atoms with Crippen molar-refractivity contribution in [2.24, 2.45) is 0 Å². The first-order chi connectivity index (χ1) is 12.2. The summed E-state index contributed by atoms with van der Waals surface area (Å²) in [7, 11) is 0. The fraction of sp³-hybridized carbons (Fsp3) is 0.235. The third-order valence-electron chi connectivity index (χ3n) is 3.63. The molecule has 0 aliphatic carbocycles. The number of nitrogens with zero attached hydrogens (tertiary/aromatic N) is 3. The Bertz CT molecular complexity index is 817. The minimum atomic E-state index is -0.306. The van der Waals surface area contributed by atoms with Gasteiger partial charge < -0.3 is 15.6 Å². The molecule has 3 aromatic rings. The van der Waals surface area contributed by atoms with Gasteiger partial charge in [-0.15, -0.1) is 10.2 Å². The van der Waals surface area contributed by atoms with Crippen LogP contribution in [0.4, 0.5) is 0 Å². The molecule has 0 bridgehead atoms. The number of nitrogens with one attached hydrogen (secondary N) is 1. The van der Waals surface area contributed by atoms with Crippen LogP contribution in [0.15, 0.2) is 58.3 Å². The van der Waals surface area contributed by atoms with E-state index in [1.807, 2.05) is 37.3 Å². The van der Waals surface area contributed by atoms with Crippen molar-refractivity contribution in [2.75, 3.05) is 5.84 Å². The molecule has 0 aliphatic rings. The van der Waals surface area contributed by atoms with Gasteiger partial charge in [-0.1, -0.05) is 49.0 Å². The number of furan rings is 1. The first-order valence-electron chi connectivity index (χ1n) is 7.91. The molecule has 8 heteroatoms. The van der Waals surface area contributed by atoms with Gasteiger partial charge in [-0.2, -0.15) is 0 Å². The molecule has 1 amide bonds. The van der Waals surface area contributed by atoms with Crippen LogP contribution in [-0.4, -0.2) is 26.0 Å². The minimum absolute atomic E-state index is 0.0566. The maximum absolute atomic E-state index is 12.5. The zero-order chi connectivity index (χ0) is 17.6. The molecule has 1 unspecified atom stereocenters. The van der Waals surface area contributed by atoms with Crippen molar-refractivity contribution in [3.8, 4) is 11.6 Å². The smallest absolute Gasteiger partial charge is 0.233 e. The van der Waals surface area contributed by atoms with E-state index in [4.69, 9.17) is 10.3 Å². The molecule has 0 saturated carbocycles.